The highest BCUT2D eigenvalue weighted by molar-refractivity contribution is 6.31. The van der Waals surface area contributed by atoms with Gasteiger partial charge in [-0.05, 0) is 112 Å². The molecule has 2 aliphatic heterocycles. The van der Waals surface area contributed by atoms with Crippen LogP contribution in [-0.4, -0.2) is 92.7 Å². The number of carboxylic acids is 2. The first-order chi connectivity index (χ1) is 27.1. The molecule has 4 heterocycles. The Morgan fingerprint density at radius 2 is 1.77 bits per heavy atom. The minimum atomic E-state index is -1.13. The summed E-state index contributed by atoms with van der Waals surface area (Å²) in [5.74, 6) is -2.37. The number of rotatable bonds is 18. The van der Waals surface area contributed by atoms with E-state index in [2.05, 4.69) is 39.4 Å². The third kappa shape index (κ3) is 10.1. The van der Waals surface area contributed by atoms with E-state index in [0.29, 0.717) is 43.8 Å². The van der Waals surface area contributed by atoms with Gasteiger partial charge in [-0.1, -0.05) is 42.6 Å². The predicted molar refractivity (Wildman–Crippen MR) is 218 cm³/mol. The van der Waals surface area contributed by atoms with Crippen LogP contribution in [0.15, 0.2) is 67.0 Å². The van der Waals surface area contributed by atoms with Crippen molar-refractivity contribution in [2.45, 2.75) is 95.2 Å². The maximum absolute atomic E-state index is 13.4. The first-order valence-electron chi connectivity index (χ1n) is 19.9. The minimum Gasteiger partial charge on any atom is -0.480 e. The molecule has 0 spiro atoms. The molecule has 0 unspecified atom stereocenters. The number of unbranched alkanes of at least 4 members (excludes halogenated alkanes) is 3. The summed E-state index contributed by atoms with van der Waals surface area (Å²) in [6.07, 6.45) is 12.3. The largest absolute Gasteiger partial charge is 0.480 e. The van der Waals surface area contributed by atoms with Gasteiger partial charge in [-0.3, -0.25) is 34.4 Å². The number of hydrogen-bond donors (Lipinski definition) is 4. The van der Waals surface area contributed by atoms with Crippen LogP contribution in [0.3, 0.4) is 0 Å². The zero-order valence-electron chi connectivity index (χ0n) is 32.1. The molecule has 56 heavy (non-hydrogen) atoms. The van der Waals surface area contributed by atoms with Crippen molar-refractivity contribution in [1.82, 2.24) is 25.1 Å². The molecule has 2 amide bonds. The summed E-state index contributed by atoms with van der Waals surface area (Å²) in [6, 6.07) is 15.9. The summed E-state index contributed by atoms with van der Waals surface area (Å²) in [5, 5.41) is 27.9. The van der Waals surface area contributed by atoms with E-state index in [1.165, 1.54) is 10.5 Å². The fourth-order valence-corrected chi connectivity index (χ4v) is 8.50. The van der Waals surface area contributed by atoms with E-state index < -0.39 is 36.5 Å². The van der Waals surface area contributed by atoms with Gasteiger partial charge in [-0.15, -0.1) is 0 Å². The molecular formula is C43H53ClN6O6. The SMILES string of the molecule is Cn1c(-c2cccnc2)c(CCCCCC(=O)N2CCC(NCCCC[C@H](N[C@H]3CCc4ccccc4N(CC(=O)O)C3=O)C(=O)O)CC2)c2cc(Cl)ccc21. The van der Waals surface area contributed by atoms with E-state index in [9.17, 15) is 29.4 Å². The summed E-state index contributed by atoms with van der Waals surface area (Å²) in [6.45, 7) is 1.71. The number of benzene rings is 2. The number of para-hydroxylation sites is 1. The topological polar surface area (TPSA) is 157 Å². The van der Waals surface area contributed by atoms with Gasteiger partial charge < -0.3 is 25.0 Å². The molecule has 0 saturated carbocycles. The molecule has 0 bridgehead atoms. The lowest BCUT2D eigenvalue weighted by atomic mass is 9.99. The second-order valence-electron chi connectivity index (χ2n) is 15.1. The van der Waals surface area contributed by atoms with Crippen molar-refractivity contribution in [3.05, 3.63) is 83.1 Å². The number of nitrogens with one attached hydrogen (secondary N) is 2. The van der Waals surface area contributed by atoms with Gasteiger partial charge in [0.25, 0.3) is 0 Å². The van der Waals surface area contributed by atoms with Gasteiger partial charge in [-0.2, -0.15) is 0 Å². The Hall–Kier alpha value is -4.78. The van der Waals surface area contributed by atoms with Crippen LogP contribution >= 0.6 is 11.6 Å². The first kappa shape index (κ1) is 40.9. The third-order valence-electron chi connectivity index (χ3n) is 11.3. The van der Waals surface area contributed by atoms with Gasteiger partial charge in [0.1, 0.15) is 12.6 Å². The number of pyridine rings is 1. The normalized spacial score (nSPS) is 16.8. The molecule has 0 aliphatic carbocycles. The Bertz CT molecular complexity index is 2000. The summed E-state index contributed by atoms with van der Waals surface area (Å²) >= 11 is 6.41. The van der Waals surface area contributed by atoms with Crippen molar-refractivity contribution in [2.75, 3.05) is 31.1 Å². The zero-order chi connectivity index (χ0) is 39.6. The number of halogens is 1. The van der Waals surface area contributed by atoms with Gasteiger partial charge in [0.2, 0.25) is 11.8 Å². The number of carboxylic acid groups (broad SMARTS) is 2. The quantitative estimate of drug-likeness (QED) is 0.0860. The highest BCUT2D eigenvalue weighted by atomic mass is 35.5. The van der Waals surface area contributed by atoms with E-state index in [0.717, 1.165) is 97.3 Å². The lowest BCUT2D eigenvalue weighted by Crippen LogP contribution is -2.52. The van der Waals surface area contributed by atoms with Crippen molar-refractivity contribution in [1.29, 1.82) is 0 Å². The number of aliphatic carboxylic acids is 2. The number of amides is 2. The molecular weight excluding hydrogens is 732 g/mol. The van der Waals surface area contributed by atoms with Crippen LogP contribution in [0.25, 0.3) is 22.2 Å². The molecule has 1 fully saturated rings. The number of aryl methyl sites for hydroxylation is 3. The van der Waals surface area contributed by atoms with Gasteiger partial charge in [0, 0.05) is 72.2 Å². The number of piperidine rings is 1. The molecule has 13 heteroatoms. The van der Waals surface area contributed by atoms with Crippen molar-refractivity contribution < 1.29 is 29.4 Å². The average molecular weight is 785 g/mol. The lowest BCUT2D eigenvalue weighted by Gasteiger charge is -2.32. The Labute approximate surface area is 333 Å². The van der Waals surface area contributed by atoms with Crippen LogP contribution in [0.5, 0.6) is 0 Å². The molecule has 1 saturated heterocycles. The second kappa shape index (κ2) is 19.4. The van der Waals surface area contributed by atoms with E-state index in [4.69, 9.17) is 11.6 Å². The molecule has 2 aromatic heterocycles. The minimum absolute atomic E-state index is 0.214. The lowest BCUT2D eigenvalue weighted by molar-refractivity contribution is -0.141. The van der Waals surface area contributed by atoms with E-state index in [1.807, 2.05) is 41.4 Å². The highest BCUT2D eigenvalue weighted by Gasteiger charge is 2.34. The number of hydrogen-bond acceptors (Lipinski definition) is 7. The summed E-state index contributed by atoms with van der Waals surface area (Å²) in [7, 11) is 2.08. The molecule has 12 nitrogen and oxygen atoms in total. The Balaban J connectivity index is 0.884. The van der Waals surface area contributed by atoms with Crippen LogP contribution in [0.4, 0.5) is 5.69 Å². The highest BCUT2D eigenvalue weighted by Crippen LogP contribution is 2.35. The monoisotopic (exact) mass is 784 g/mol. The number of anilines is 1. The Kier molecular flexibility index (Phi) is 14.1. The summed E-state index contributed by atoms with van der Waals surface area (Å²) in [4.78, 5) is 57.8. The molecule has 298 valence electrons. The standard InChI is InChI=1S/C43H53ClN6O6/c1-48-38-19-17-31(44)26-34(38)33(41(48)30-11-9-22-45-27-30)12-3-2-4-15-39(51)49-24-20-32(21-25-49)46-23-8-7-13-36(43(55)56)47-35-18-16-29-10-5-6-14-37(29)50(42(35)54)28-40(52)53/h5-6,9-11,14,17,19,22,26-27,32,35-36,46-47H,2-4,7-8,12-13,15-16,18,20-21,23-25,28H2,1H3,(H,52,53)(H,55,56)/t35-,36-/m0/s1. The van der Waals surface area contributed by atoms with Crippen molar-refractivity contribution in [2.24, 2.45) is 7.05 Å². The number of carbonyl (C=O) groups excluding carboxylic acids is 2. The first-order valence-corrected chi connectivity index (χ1v) is 20.3. The zero-order valence-corrected chi connectivity index (χ0v) is 32.8. The molecule has 2 atom stereocenters. The number of aromatic nitrogens is 2. The van der Waals surface area contributed by atoms with Gasteiger partial charge in [0.15, 0.2) is 0 Å². The van der Waals surface area contributed by atoms with Crippen LogP contribution in [0.2, 0.25) is 5.02 Å². The van der Waals surface area contributed by atoms with Crippen LogP contribution in [0.1, 0.15) is 75.3 Å². The van der Waals surface area contributed by atoms with Crippen molar-refractivity contribution in [3.63, 3.8) is 0 Å². The molecule has 4 N–H and O–H groups in total. The van der Waals surface area contributed by atoms with Crippen LogP contribution < -0.4 is 15.5 Å². The van der Waals surface area contributed by atoms with E-state index in [-0.39, 0.29) is 5.91 Å². The fraction of sp³-hybridized carbons (Fsp3) is 0.465. The number of fused-ring (bicyclic) bond motifs is 2. The van der Waals surface area contributed by atoms with Gasteiger partial charge >= 0.3 is 11.9 Å². The van der Waals surface area contributed by atoms with Gasteiger partial charge in [-0.25, -0.2) is 0 Å². The van der Waals surface area contributed by atoms with E-state index in [1.54, 1.807) is 18.3 Å². The smallest absolute Gasteiger partial charge is 0.323 e. The molecule has 4 aromatic rings. The fourth-order valence-electron chi connectivity index (χ4n) is 8.33. The van der Waals surface area contributed by atoms with Crippen molar-refractivity contribution in [3.8, 4) is 11.3 Å². The van der Waals surface area contributed by atoms with Crippen LogP contribution in [-0.2, 0) is 39.1 Å². The van der Waals surface area contributed by atoms with Crippen molar-refractivity contribution >= 4 is 51.9 Å². The third-order valence-corrected chi connectivity index (χ3v) is 11.5. The molecule has 2 aromatic carbocycles. The summed E-state index contributed by atoms with van der Waals surface area (Å²) in [5.41, 5.74) is 6.07. The van der Waals surface area contributed by atoms with Crippen LogP contribution in [0, 0.1) is 0 Å². The maximum atomic E-state index is 13.4. The number of likely N-dealkylation sites (tertiary alicyclic amines) is 1. The maximum Gasteiger partial charge on any atom is 0.323 e. The molecule has 2 aliphatic rings. The average Bonchev–Trinajstić information content (AvgIpc) is 3.39. The van der Waals surface area contributed by atoms with E-state index >= 15 is 0 Å². The van der Waals surface area contributed by atoms with Gasteiger partial charge in [0.05, 0.1) is 11.7 Å². The molecule has 0 radical (unpaired) electrons. The Morgan fingerprint density at radius 3 is 2.52 bits per heavy atom. The Morgan fingerprint density at radius 1 is 0.964 bits per heavy atom. The second-order valence-corrected chi connectivity index (χ2v) is 15.5. The molecule has 6 rings (SSSR count). The number of nitrogens with zero attached hydrogens (tertiary/aromatic N) is 4. The number of carbonyl (C=O) groups is 4. The predicted octanol–water partition coefficient (Wildman–Crippen LogP) is 6.22. The summed E-state index contributed by atoms with van der Waals surface area (Å²) < 4.78 is 2.22.